The van der Waals surface area contributed by atoms with Gasteiger partial charge in [-0.2, -0.15) is 0 Å². The summed E-state index contributed by atoms with van der Waals surface area (Å²) in [5.74, 6) is 1.43. The summed E-state index contributed by atoms with van der Waals surface area (Å²) in [7, 11) is 8.18. The zero-order valence-electron chi connectivity index (χ0n) is 25.9. The van der Waals surface area contributed by atoms with Crippen molar-refractivity contribution in [1.82, 2.24) is 29.5 Å². The van der Waals surface area contributed by atoms with Gasteiger partial charge in [-0.1, -0.05) is 63.2 Å². The minimum Gasteiger partial charge on any atom is -0.478 e. The highest BCUT2D eigenvalue weighted by Gasteiger charge is 2.23. The van der Waals surface area contributed by atoms with Gasteiger partial charge in [0.15, 0.2) is 11.6 Å². The van der Waals surface area contributed by atoms with Crippen molar-refractivity contribution in [2.24, 2.45) is 5.41 Å². The topological polar surface area (TPSA) is 111 Å². The summed E-state index contributed by atoms with van der Waals surface area (Å²) < 4.78 is 2.25. The first-order valence-electron chi connectivity index (χ1n) is 14.4. The van der Waals surface area contributed by atoms with Crippen molar-refractivity contribution in [2.75, 3.05) is 65.0 Å². The molecule has 0 radical (unpaired) electrons. The number of fused-ring (bicyclic) bond motifs is 1. The molecule has 0 amide bonds. The van der Waals surface area contributed by atoms with Gasteiger partial charge in [0.1, 0.15) is 16.9 Å². The maximum atomic E-state index is 11.8. The van der Waals surface area contributed by atoms with E-state index in [1.807, 2.05) is 52.5 Å². The van der Waals surface area contributed by atoms with Gasteiger partial charge in [0.05, 0.1) is 5.56 Å². The summed E-state index contributed by atoms with van der Waals surface area (Å²) in [5, 5.41) is 25.8. The highest BCUT2D eigenvalue weighted by molar-refractivity contribution is 5.96. The minimum atomic E-state index is -0.934. The molecule has 0 fully saturated rings. The molecule has 0 spiro atoms. The van der Waals surface area contributed by atoms with Gasteiger partial charge in [-0.05, 0) is 56.4 Å². The molecule has 42 heavy (non-hydrogen) atoms. The average molecular weight is 573 g/mol. The van der Waals surface area contributed by atoms with Crippen molar-refractivity contribution in [3.05, 3.63) is 65.5 Å². The first-order chi connectivity index (χ1) is 19.9. The van der Waals surface area contributed by atoms with Crippen LogP contribution in [-0.4, -0.2) is 95.0 Å². The van der Waals surface area contributed by atoms with Gasteiger partial charge in [-0.3, -0.25) is 0 Å². The third-order valence-electron chi connectivity index (χ3n) is 6.90. The predicted octanol–water partition coefficient (Wildman–Crippen LogP) is 4.78. The molecular weight excluding hydrogens is 528 g/mol. The zero-order chi connectivity index (χ0) is 30.4. The summed E-state index contributed by atoms with van der Waals surface area (Å²) in [5.41, 5.74) is 4.69. The molecule has 0 aliphatic carbocycles. The van der Waals surface area contributed by atoms with E-state index in [2.05, 4.69) is 68.1 Å². The molecule has 10 nitrogen and oxygen atoms in total. The van der Waals surface area contributed by atoms with Crippen molar-refractivity contribution in [3.63, 3.8) is 0 Å². The first kappa shape index (κ1) is 30.9. The smallest absolute Gasteiger partial charge is 0.336 e. The first-order valence-corrected chi connectivity index (χ1v) is 14.4. The SMILES string of the molecule is CN(C)CCNc1nnc(NCCN(C)C)c2c1nc(CC(C)(C)C)n2Cc1ccc(-c2ccccc2C(=O)O)cc1. The van der Waals surface area contributed by atoms with Gasteiger partial charge in [0, 0.05) is 39.1 Å². The Morgan fingerprint density at radius 3 is 2.07 bits per heavy atom. The van der Waals surface area contributed by atoms with Crippen molar-refractivity contribution in [1.29, 1.82) is 0 Å². The minimum absolute atomic E-state index is 0.0153. The fraction of sp³-hybridized carbons (Fsp3) is 0.438. The van der Waals surface area contributed by atoms with Crippen molar-refractivity contribution >= 4 is 28.6 Å². The Morgan fingerprint density at radius 1 is 0.881 bits per heavy atom. The molecule has 0 atom stereocenters. The van der Waals surface area contributed by atoms with Crippen LogP contribution < -0.4 is 10.6 Å². The molecule has 3 N–H and O–H groups in total. The van der Waals surface area contributed by atoms with Gasteiger partial charge < -0.3 is 30.1 Å². The molecule has 0 saturated heterocycles. The highest BCUT2D eigenvalue weighted by Crippen LogP contribution is 2.32. The quantitative estimate of drug-likeness (QED) is 0.208. The van der Waals surface area contributed by atoms with Crippen LogP contribution in [-0.2, 0) is 13.0 Å². The Kier molecular flexibility index (Phi) is 9.80. The molecule has 10 heteroatoms. The van der Waals surface area contributed by atoms with Crippen LogP contribution >= 0.6 is 0 Å². The fourth-order valence-electron chi connectivity index (χ4n) is 4.81. The molecule has 0 aliphatic rings. The van der Waals surface area contributed by atoms with Crippen LogP contribution in [0.2, 0.25) is 0 Å². The number of carbonyl (C=O) groups is 1. The van der Waals surface area contributed by atoms with E-state index in [4.69, 9.17) is 4.98 Å². The second-order valence-corrected chi connectivity index (χ2v) is 12.5. The maximum absolute atomic E-state index is 11.8. The van der Waals surface area contributed by atoms with Crippen molar-refractivity contribution in [3.8, 4) is 11.1 Å². The monoisotopic (exact) mass is 572 g/mol. The van der Waals surface area contributed by atoms with E-state index >= 15 is 0 Å². The lowest BCUT2D eigenvalue weighted by Gasteiger charge is -2.19. The molecule has 2 heterocycles. The Bertz CT molecular complexity index is 1500. The molecule has 0 aliphatic heterocycles. The van der Waals surface area contributed by atoms with E-state index in [1.165, 1.54) is 0 Å². The number of likely N-dealkylation sites (N-methyl/N-ethyl adjacent to an activating group) is 2. The van der Waals surface area contributed by atoms with Gasteiger partial charge in [-0.15, -0.1) is 10.2 Å². The highest BCUT2D eigenvalue weighted by atomic mass is 16.4. The largest absolute Gasteiger partial charge is 0.478 e. The predicted molar refractivity (Wildman–Crippen MR) is 171 cm³/mol. The maximum Gasteiger partial charge on any atom is 0.336 e. The zero-order valence-corrected chi connectivity index (χ0v) is 25.9. The second-order valence-electron chi connectivity index (χ2n) is 12.5. The standard InChI is InChI=1S/C32H44N8O2/c1-32(2,3)20-26-35-27-28(30(34-17-19-39(6)7)37-36-29(27)33-16-18-38(4)5)40(26)21-22-12-14-23(15-13-22)24-10-8-9-11-25(24)31(41)42/h8-15H,16-21H2,1-7H3,(H,33,36)(H,34,37)(H,41,42). The van der Waals surface area contributed by atoms with Gasteiger partial charge in [0.25, 0.3) is 0 Å². The Morgan fingerprint density at radius 2 is 1.48 bits per heavy atom. The molecule has 2 aromatic carbocycles. The number of rotatable bonds is 13. The molecule has 0 saturated carbocycles. The molecular formula is C32H44N8O2. The fourth-order valence-corrected chi connectivity index (χ4v) is 4.81. The number of carboxylic acid groups (broad SMARTS) is 1. The summed E-state index contributed by atoms with van der Waals surface area (Å²) in [6.07, 6.45) is 0.778. The van der Waals surface area contributed by atoms with Crippen LogP contribution in [0, 0.1) is 5.41 Å². The Hall–Kier alpha value is -4.02. The number of nitrogens with zero attached hydrogens (tertiary/aromatic N) is 6. The summed E-state index contributed by atoms with van der Waals surface area (Å²) in [6, 6.07) is 15.2. The van der Waals surface area contributed by atoms with E-state index in [9.17, 15) is 9.90 Å². The Labute approximate surface area is 248 Å². The van der Waals surface area contributed by atoms with E-state index in [0.29, 0.717) is 29.3 Å². The lowest BCUT2D eigenvalue weighted by molar-refractivity contribution is 0.0697. The van der Waals surface area contributed by atoms with E-state index in [1.54, 1.807) is 12.1 Å². The average Bonchev–Trinajstić information content (AvgIpc) is 3.26. The molecule has 4 aromatic rings. The van der Waals surface area contributed by atoms with Crippen LogP contribution in [0.1, 0.15) is 42.5 Å². The Balaban J connectivity index is 1.77. The third kappa shape index (κ3) is 7.83. The molecule has 0 unspecified atom stereocenters. The van der Waals surface area contributed by atoms with Crippen LogP contribution in [0.4, 0.5) is 11.6 Å². The van der Waals surface area contributed by atoms with Crippen LogP contribution in [0.25, 0.3) is 22.2 Å². The number of hydrogen-bond acceptors (Lipinski definition) is 8. The van der Waals surface area contributed by atoms with Gasteiger partial charge in [0.2, 0.25) is 0 Å². The normalized spacial score (nSPS) is 11.9. The van der Waals surface area contributed by atoms with Gasteiger partial charge in [-0.25, -0.2) is 9.78 Å². The van der Waals surface area contributed by atoms with E-state index < -0.39 is 5.97 Å². The van der Waals surface area contributed by atoms with Gasteiger partial charge >= 0.3 is 5.97 Å². The van der Waals surface area contributed by atoms with Crippen LogP contribution in [0.3, 0.4) is 0 Å². The van der Waals surface area contributed by atoms with Crippen LogP contribution in [0.5, 0.6) is 0 Å². The number of aromatic carboxylic acids is 1. The van der Waals surface area contributed by atoms with Crippen molar-refractivity contribution < 1.29 is 9.90 Å². The number of nitrogens with one attached hydrogen (secondary N) is 2. The lowest BCUT2D eigenvalue weighted by atomic mass is 9.92. The number of aromatic nitrogens is 4. The number of hydrogen-bond donors (Lipinski definition) is 3. The van der Waals surface area contributed by atoms with E-state index in [-0.39, 0.29) is 5.41 Å². The summed E-state index contributed by atoms with van der Waals surface area (Å²) in [4.78, 5) is 21.2. The van der Waals surface area contributed by atoms with Crippen LogP contribution in [0.15, 0.2) is 48.5 Å². The summed E-state index contributed by atoms with van der Waals surface area (Å²) >= 11 is 0. The lowest BCUT2D eigenvalue weighted by Crippen LogP contribution is -2.22. The second kappa shape index (κ2) is 13.3. The molecule has 2 aromatic heterocycles. The molecule has 0 bridgehead atoms. The number of carboxylic acids is 1. The third-order valence-corrected chi connectivity index (χ3v) is 6.90. The molecule has 4 rings (SSSR count). The number of imidazole rings is 1. The number of anilines is 2. The molecule has 224 valence electrons. The van der Waals surface area contributed by atoms with E-state index in [0.717, 1.165) is 60.6 Å². The summed E-state index contributed by atoms with van der Waals surface area (Å²) in [6.45, 7) is 10.4. The number of benzene rings is 2. The van der Waals surface area contributed by atoms with Crippen molar-refractivity contribution in [2.45, 2.75) is 33.7 Å².